The number of benzene rings is 2. The number of carbonyl (C=O) groups is 2. The number of ether oxygens (including phenoxy) is 3. The number of piperidine rings is 1. The number of carbonyl (C=O) groups excluding carboxylic acids is 2. The number of anilines is 1. The molecule has 39 heavy (non-hydrogen) atoms. The molecule has 2 aliphatic rings. The molecule has 0 saturated carbocycles. The zero-order valence-electron chi connectivity index (χ0n) is 22.7. The number of likely N-dealkylation sites (tertiary alicyclic amines) is 2. The average Bonchev–Trinajstić information content (AvgIpc) is 3.30. The summed E-state index contributed by atoms with van der Waals surface area (Å²) in [5, 5.41) is 6.76. The first-order valence-electron chi connectivity index (χ1n) is 13.2. The van der Waals surface area contributed by atoms with Gasteiger partial charge in [0, 0.05) is 36.3 Å². The summed E-state index contributed by atoms with van der Waals surface area (Å²) in [7, 11) is 4.57. The fourth-order valence-corrected chi connectivity index (χ4v) is 5.78. The highest BCUT2D eigenvalue weighted by Gasteiger charge is 2.39. The van der Waals surface area contributed by atoms with Crippen LogP contribution in [0.25, 0.3) is 0 Å². The van der Waals surface area contributed by atoms with E-state index in [0.29, 0.717) is 41.9 Å². The van der Waals surface area contributed by atoms with E-state index in [4.69, 9.17) is 31.5 Å². The van der Waals surface area contributed by atoms with E-state index in [2.05, 4.69) is 27.7 Å². The van der Waals surface area contributed by atoms with Gasteiger partial charge in [-0.05, 0) is 56.0 Å². The number of primary amides is 1. The minimum atomic E-state index is -0.377. The van der Waals surface area contributed by atoms with E-state index in [9.17, 15) is 9.59 Å². The second-order valence-corrected chi connectivity index (χ2v) is 10.6. The van der Waals surface area contributed by atoms with Crippen molar-refractivity contribution < 1.29 is 23.8 Å². The van der Waals surface area contributed by atoms with Gasteiger partial charge in [0.05, 0.1) is 39.6 Å². The lowest BCUT2D eigenvalue weighted by atomic mass is 9.89. The fourth-order valence-electron chi connectivity index (χ4n) is 5.66. The highest BCUT2D eigenvalue weighted by molar-refractivity contribution is 6.30. The van der Waals surface area contributed by atoms with Crippen LogP contribution < -0.4 is 30.6 Å². The quantitative estimate of drug-likeness (QED) is 0.409. The largest absolute Gasteiger partial charge is 0.493 e. The van der Waals surface area contributed by atoms with Crippen molar-refractivity contribution in [2.24, 2.45) is 11.7 Å². The first-order valence-corrected chi connectivity index (χ1v) is 13.5. The molecule has 10 nitrogen and oxygen atoms in total. The van der Waals surface area contributed by atoms with Crippen LogP contribution in [-0.4, -0.2) is 87.9 Å². The number of nitrogens with one attached hydrogen (secondary N) is 2. The maximum Gasteiger partial charge on any atom is 0.319 e. The standard InChI is InChI=1S/C28H38ClN5O5/c1-37-24-13-21(14-25(38-2)27(24)39-3)31-28(36)32-22-15-33(17-26(30)35)16-23(22)34-10-8-19(9-11-34)12-18-4-6-20(29)7-5-18/h4-7,13-14,19,22-23H,8-12,15-17H2,1-3H3,(H2,30,35)(H2,31,32,36). The van der Waals surface area contributed by atoms with Gasteiger partial charge in [-0.2, -0.15) is 0 Å². The molecule has 0 aliphatic carbocycles. The molecule has 2 heterocycles. The van der Waals surface area contributed by atoms with Crippen LogP contribution in [-0.2, 0) is 11.2 Å². The average molecular weight is 560 g/mol. The van der Waals surface area contributed by atoms with Crippen LogP contribution in [0.2, 0.25) is 5.02 Å². The van der Waals surface area contributed by atoms with Gasteiger partial charge in [0.15, 0.2) is 11.5 Å². The lowest BCUT2D eigenvalue weighted by molar-refractivity contribution is -0.118. The molecule has 0 radical (unpaired) electrons. The van der Waals surface area contributed by atoms with Gasteiger partial charge in [-0.15, -0.1) is 0 Å². The van der Waals surface area contributed by atoms with Crippen molar-refractivity contribution in [2.75, 3.05) is 59.4 Å². The highest BCUT2D eigenvalue weighted by atomic mass is 35.5. The summed E-state index contributed by atoms with van der Waals surface area (Å²) in [6.07, 6.45) is 3.17. The second-order valence-electron chi connectivity index (χ2n) is 10.2. The summed E-state index contributed by atoms with van der Waals surface area (Å²) in [6, 6.07) is 11.0. The van der Waals surface area contributed by atoms with Crippen molar-refractivity contribution in [1.29, 1.82) is 0 Å². The molecule has 2 saturated heterocycles. The molecule has 2 unspecified atom stereocenters. The first-order chi connectivity index (χ1) is 18.8. The van der Waals surface area contributed by atoms with Gasteiger partial charge in [-0.1, -0.05) is 23.7 Å². The van der Waals surface area contributed by atoms with Crippen LogP contribution in [0.5, 0.6) is 17.2 Å². The predicted molar refractivity (Wildman–Crippen MR) is 151 cm³/mol. The number of nitrogens with two attached hydrogens (primary N) is 1. The lowest BCUT2D eigenvalue weighted by Crippen LogP contribution is -2.54. The van der Waals surface area contributed by atoms with E-state index in [1.165, 1.54) is 26.9 Å². The van der Waals surface area contributed by atoms with E-state index in [-0.39, 0.29) is 30.6 Å². The van der Waals surface area contributed by atoms with E-state index in [1.54, 1.807) is 12.1 Å². The summed E-state index contributed by atoms with van der Waals surface area (Å²) in [5.41, 5.74) is 7.30. The smallest absolute Gasteiger partial charge is 0.319 e. The molecule has 0 bridgehead atoms. The molecule has 2 fully saturated rings. The molecule has 4 rings (SSSR count). The van der Waals surface area contributed by atoms with Crippen LogP contribution in [0.15, 0.2) is 36.4 Å². The lowest BCUT2D eigenvalue weighted by Gasteiger charge is -2.38. The van der Waals surface area contributed by atoms with Crippen molar-refractivity contribution in [3.63, 3.8) is 0 Å². The minimum absolute atomic E-state index is 0.0755. The molecule has 2 aromatic carbocycles. The summed E-state index contributed by atoms with van der Waals surface area (Å²) in [5.74, 6) is 1.56. The molecule has 2 aromatic rings. The normalized spacial score (nSPS) is 20.4. The maximum atomic E-state index is 13.1. The molecule has 0 spiro atoms. The van der Waals surface area contributed by atoms with Crippen molar-refractivity contribution >= 4 is 29.2 Å². The van der Waals surface area contributed by atoms with Gasteiger partial charge >= 0.3 is 6.03 Å². The maximum absolute atomic E-state index is 13.1. The number of nitrogens with zero attached hydrogens (tertiary/aromatic N) is 2. The zero-order valence-corrected chi connectivity index (χ0v) is 23.5. The fraction of sp³-hybridized carbons (Fsp3) is 0.500. The third-order valence-electron chi connectivity index (χ3n) is 7.54. The van der Waals surface area contributed by atoms with Crippen molar-refractivity contribution in [1.82, 2.24) is 15.1 Å². The Bertz CT molecular complexity index is 1110. The van der Waals surface area contributed by atoms with Gasteiger partial charge in [0.2, 0.25) is 11.7 Å². The third kappa shape index (κ3) is 7.46. The van der Waals surface area contributed by atoms with Gasteiger partial charge < -0.3 is 30.6 Å². The van der Waals surface area contributed by atoms with Crippen molar-refractivity contribution in [2.45, 2.75) is 31.3 Å². The third-order valence-corrected chi connectivity index (χ3v) is 7.79. The Morgan fingerprint density at radius 1 is 1.00 bits per heavy atom. The number of amides is 3. The van der Waals surface area contributed by atoms with Crippen molar-refractivity contribution in [3.8, 4) is 17.2 Å². The summed E-state index contributed by atoms with van der Waals surface area (Å²) in [4.78, 5) is 29.2. The van der Waals surface area contributed by atoms with E-state index >= 15 is 0 Å². The number of hydrogen-bond acceptors (Lipinski definition) is 7. The van der Waals surface area contributed by atoms with E-state index in [1.807, 2.05) is 17.0 Å². The number of urea groups is 1. The number of halogens is 1. The van der Waals surface area contributed by atoms with Gasteiger partial charge in [0.25, 0.3) is 0 Å². The van der Waals surface area contributed by atoms with Crippen LogP contribution in [0.4, 0.5) is 10.5 Å². The van der Waals surface area contributed by atoms with E-state index < -0.39 is 0 Å². The molecule has 2 atom stereocenters. The zero-order chi connectivity index (χ0) is 27.9. The first kappa shape index (κ1) is 28.8. The second kappa shape index (κ2) is 13.2. The van der Waals surface area contributed by atoms with Crippen LogP contribution in [0, 0.1) is 5.92 Å². The monoisotopic (exact) mass is 559 g/mol. The van der Waals surface area contributed by atoms with Gasteiger partial charge in [-0.3, -0.25) is 14.6 Å². The molecule has 11 heteroatoms. The number of hydrogen-bond donors (Lipinski definition) is 3. The Hall–Kier alpha value is -3.21. The summed E-state index contributed by atoms with van der Waals surface area (Å²) >= 11 is 6.03. The van der Waals surface area contributed by atoms with Crippen molar-refractivity contribution in [3.05, 3.63) is 47.0 Å². The Labute approximate surface area is 234 Å². The molecule has 3 amide bonds. The summed E-state index contributed by atoms with van der Waals surface area (Å²) < 4.78 is 16.2. The Balaban J connectivity index is 1.39. The van der Waals surface area contributed by atoms with E-state index in [0.717, 1.165) is 37.4 Å². The van der Waals surface area contributed by atoms with Crippen LogP contribution >= 0.6 is 11.6 Å². The predicted octanol–water partition coefficient (Wildman–Crippen LogP) is 2.98. The molecular formula is C28H38ClN5O5. The SMILES string of the molecule is COc1cc(NC(=O)NC2CN(CC(N)=O)CC2N2CCC(Cc3ccc(Cl)cc3)CC2)cc(OC)c1OC. The molecule has 212 valence electrons. The van der Waals surface area contributed by atoms with Gasteiger partial charge in [-0.25, -0.2) is 4.79 Å². The topological polar surface area (TPSA) is 118 Å². The van der Waals surface area contributed by atoms with Crippen LogP contribution in [0.3, 0.4) is 0 Å². The van der Waals surface area contributed by atoms with Gasteiger partial charge in [0.1, 0.15) is 0 Å². The molecule has 4 N–H and O–H groups in total. The highest BCUT2D eigenvalue weighted by Crippen LogP contribution is 2.40. The Morgan fingerprint density at radius 2 is 1.64 bits per heavy atom. The molecular weight excluding hydrogens is 522 g/mol. The Morgan fingerprint density at radius 3 is 2.21 bits per heavy atom. The number of methoxy groups -OCH3 is 3. The Kier molecular flexibility index (Phi) is 9.77. The molecule has 2 aliphatic heterocycles. The van der Waals surface area contributed by atoms with Crippen LogP contribution in [0.1, 0.15) is 18.4 Å². The minimum Gasteiger partial charge on any atom is -0.493 e. The summed E-state index contributed by atoms with van der Waals surface area (Å²) in [6.45, 7) is 3.23. The molecule has 0 aromatic heterocycles. The number of rotatable bonds is 10.